The van der Waals surface area contributed by atoms with E-state index in [1.165, 1.54) is 0 Å². The number of carboxylic acid groups (broad SMARTS) is 1. The van der Waals surface area contributed by atoms with Crippen molar-refractivity contribution in [2.45, 2.75) is 26.3 Å². The molecule has 0 aliphatic rings. The Bertz CT molecular complexity index is 128. The molecule has 0 spiro atoms. The lowest BCUT2D eigenvalue weighted by molar-refractivity contribution is -0.139. The molecule has 3 nitrogen and oxygen atoms in total. The van der Waals surface area contributed by atoms with Gasteiger partial charge in [-0.2, -0.15) is 0 Å². The van der Waals surface area contributed by atoms with E-state index >= 15 is 0 Å². The van der Waals surface area contributed by atoms with Gasteiger partial charge in [0.2, 0.25) is 0 Å². The van der Waals surface area contributed by atoms with E-state index in [4.69, 9.17) is 6.48 Å². The molecule has 0 bridgehead atoms. The Kier molecular flexibility index (Phi) is 3.22. The number of hydrogen-bond acceptors (Lipinski definition) is 2. The van der Waals surface area contributed by atoms with Gasteiger partial charge in [-0.3, -0.25) is 4.79 Å². The van der Waals surface area contributed by atoms with Gasteiger partial charge in [0.15, 0.2) is 0 Å². The standard InChI is InChI=1S/C7H15NO2/c1-5(2)4-6(8-3)7(9)10/h5-6,8H,4H2,1-3H3,(H,9,10)/t6-/m1/s1/i3D. The monoisotopic (exact) mass is 146 g/mol. The Hall–Kier alpha value is -0.570. The molecule has 1 atom stereocenters. The summed E-state index contributed by atoms with van der Waals surface area (Å²) < 4.78 is 6.80. The fourth-order valence-corrected chi connectivity index (χ4v) is 0.743. The molecule has 0 aromatic heterocycles. The second kappa shape index (κ2) is 4.28. The van der Waals surface area contributed by atoms with Gasteiger partial charge in [0.25, 0.3) is 0 Å². The zero-order valence-corrected chi connectivity index (χ0v) is 6.42. The number of hydrogen-bond donors (Lipinski definition) is 2. The molecule has 0 radical (unpaired) electrons. The summed E-state index contributed by atoms with van der Waals surface area (Å²) >= 11 is 0. The molecule has 0 unspecified atom stereocenters. The molecule has 0 aliphatic heterocycles. The van der Waals surface area contributed by atoms with Crippen LogP contribution in [-0.4, -0.2) is 24.1 Å². The third-order valence-electron chi connectivity index (χ3n) is 1.25. The predicted octanol–water partition coefficient (Wildman–Crippen LogP) is 0.705. The first-order chi connectivity index (χ1) is 5.07. The average Bonchev–Trinajstić information content (AvgIpc) is 1.86. The molecule has 0 amide bonds. The highest BCUT2D eigenvalue weighted by Gasteiger charge is 2.15. The van der Waals surface area contributed by atoms with Crippen LogP contribution in [0.1, 0.15) is 21.6 Å². The van der Waals surface area contributed by atoms with Crippen LogP contribution >= 0.6 is 0 Å². The SMILES string of the molecule is [2H]CN[C@H](CC(C)C)C(=O)O. The van der Waals surface area contributed by atoms with E-state index < -0.39 is 12.0 Å². The molecular weight excluding hydrogens is 130 g/mol. The molecule has 10 heavy (non-hydrogen) atoms. The zero-order valence-electron chi connectivity index (χ0n) is 7.42. The van der Waals surface area contributed by atoms with Crippen molar-refractivity contribution in [3.05, 3.63) is 0 Å². The van der Waals surface area contributed by atoms with Crippen molar-refractivity contribution in [2.24, 2.45) is 5.92 Å². The van der Waals surface area contributed by atoms with E-state index in [-0.39, 0.29) is 7.02 Å². The summed E-state index contributed by atoms with van der Waals surface area (Å²) in [5.41, 5.74) is 0. The number of aliphatic carboxylic acids is 1. The lowest BCUT2D eigenvalue weighted by Crippen LogP contribution is -2.34. The van der Waals surface area contributed by atoms with Crippen molar-refractivity contribution in [1.29, 1.82) is 0 Å². The second-order valence-electron chi connectivity index (χ2n) is 2.72. The second-order valence-corrected chi connectivity index (χ2v) is 2.72. The van der Waals surface area contributed by atoms with Crippen molar-refractivity contribution >= 4 is 5.97 Å². The van der Waals surface area contributed by atoms with Crippen LogP contribution in [-0.2, 0) is 4.79 Å². The van der Waals surface area contributed by atoms with Crippen LogP contribution in [0.5, 0.6) is 0 Å². The summed E-state index contributed by atoms with van der Waals surface area (Å²) in [5.74, 6) is -0.527. The van der Waals surface area contributed by atoms with Crippen LogP contribution in [0, 0.1) is 5.92 Å². The summed E-state index contributed by atoms with van der Waals surface area (Å²) in [6.45, 7) is 3.92. The summed E-state index contributed by atoms with van der Waals surface area (Å²) in [7, 11) is -0.0380. The number of nitrogens with one attached hydrogen (secondary N) is 1. The topological polar surface area (TPSA) is 49.3 Å². The average molecular weight is 146 g/mol. The van der Waals surface area contributed by atoms with Crippen molar-refractivity contribution in [3.63, 3.8) is 0 Å². The number of carbonyl (C=O) groups is 1. The Morgan fingerprint density at radius 2 is 2.40 bits per heavy atom. The third kappa shape index (κ3) is 3.45. The summed E-state index contributed by atoms with van der Waals surface area (Å²) in [6.07, 6.45) is 0.578. The molecule has 0 fully saturated rings. The summed E-state index contributed by atoms with van der Waals surface area (Å²) in [4.78, 5) is 10.5. The minimum absolute atomic E-state index is 0.0380. The quantitative estimate of drug-likeness (QED) is 0.614. The molecule has 0 heterocycles. The molecule has 0 aromatic rings. The van der Waals surface area contributed by atoms with Gasteiger partial charge in [-0.25, -0.2) is 0 Å². The first-order valence-electron chi connectivity index (χ1n) is 4.04. The van der Waals surface area contributed by atoms with Gasteiger partial charge in [0.1, 0.15) is 6.04 Å². The van der Waals surface area contributed by atoms with E-state index in [1.54, 1.807) is 0 Å². The van der Waals surface area contributed by atoms with Crippen molar-refractivity contribution in [3.8, 4) is 0 Å². The van der Waals surface area contributed by atoms with E-state index in [9.17, 15) is 4.79 Å². The Morgan fingerprint density at radius 3 is 2.70 bits per heavy atom. The van der Waals surface area contributed by atoms with Gasteiger partial charge >= 0.3 is 5.97 Å². The highest BCUT2D eigenvalue weighted by Crippen LogP contribution is 2.03. The normalized spacial score (nSPS) is 14.9. The lowest BCUT2D eigenvalue weighted by Gasteiger charge is -2.12. The lowest BCUT2D eigenvalue weighted by atomic mass is 10.0. The fourth-order valence-electron chi connectivity index (χ4n) is 0.743. The van der Waals surface area contributed by atoms with Gasteiger partial charge in [-0.1, -0.05) is 13.8 Å². The minimum Gasteiger partial charge on any atom is -0.480 e. The molecule has 0 aromatic carbocycles. The van der Waals surface area contributed by atoms with Gasteiger partial charge < -0.3 is 10.4 Å². The number of likely N-dealkylation sites (N-methyl/N-ethyl adjacent to an activating group) is 1. The third-order valence-corrected chi connectivity index (χ3v) is 1.25. The molecule has 3 heteroatoms. The number of carboxylic acids is 1. The van der Waals surface area contributed by atoms with Crippen LogP contribution in [0.25, 0.3) is 0 Å². The van der Waals surface area contributed by atoms with E-state index in [0.717, 1.165) is 0 Å². The molecular formula is C7H15NO2. The first kappa shape index (κ1) is 7.54. The predicted molar refractivity (Wildman–Crippen MR) is 39.9 cm³/mol. The van der Waals surface area contributed by atoms with Crippen LogP contribution in [0.2, 0.25) is 0 Å². The highest BCUT2D eigenvalue weighted by molar-refractivity contribution is 5.73. The fraction of sp³-hybridized carbons (Fsp3) is 0.857. The van der Waals surface area contributed by atoms with Crippen LogP contribution in [0.4, 0.5) is 0 Å². The molecule has 60 valence electrons. The van der Waals surface area contributed by atoms with Crippen LogP contribution in [0.3, 0.4) is 0 Å². The largest absolute Gasteiger partial charge is 0.480 e. The minimum atomic E-state index is -0.869. The van der Waals surface area contributed by atoms with Crippen molar-refractivity contribution < 1.29 is 11.3 Å². The molecule has 0 rings (SSSR count). The number of rotatable bonds is 4. The molecule has 0 saturated heterocycles. The van der Waals surface area contributed by atoms with E-state index in [2.05, 4.69) is 5.32 Å². The van der Waals surface area contributed by atoms with Crippen LogP contribution < -0.4 is 5.32 Å². The van der Waals surface area contributed by atoms with Gasteiger partial charge in [0.05, 0.1) is 0 Å². The van der Waals surface area contributed by atoms with Gasteiger partial charge in [0, 0.05) is 1.37 Å². The van der Waals surface area contributed by atoms with Crippen molar-refractivity contribution in [2.75, 3.05) is 7.02 Å². The van der Waals surface area contributed by atoms with E-state index in [0.29, 0.717) is 12.3 Å². The van der Waals surface area contributed by atoms with Crippen LogP contribution in [0.15, 0.2) is 0 Å². The van der Waals surface area contributed by atoms with Gasteiger partial charge in [-0.05, 0) is 19.4 Å². The highest BCUT2D eigenvalue weighted by atomic mass is 16.4. The first-order valence-corrected chi connectivity index (χ1v) is 3.33. The maximum Gasteiger partial charge on any atom is 0.320 e. The Balaban J connectivity index is 3.79. The van der Waals surface area contributed by atoms with E-state index in [1.807, 2.05) is 13.8 Å². The molecule has 0 aliphatic carbocycles. The van der Waals surface area contributed by atoms with Gasteiger partial charge in [-0.15, -0.1) is 0 Å². The molecule has 2 N–H and O–H groups in total. The van der Waals surface area contributed by atoms with Crippen molar-refractivity contribution in [1.82, 2.24) is 5.32 Å². The smallest absolute Gasteiger partial charge is 0.320 e. The summed E-state index contributed by atoms with van der Waals surface area (Å²) in [5, 5.41) is 11.2. The molecule has 0 saturated carbocycles. The summed E-state index contributed by atoms with van der Waals surface area (Å²) in [6, 6.07) is -0.563. The Morgan fingerprint density at radius 1 is 1.80 bits per heavy atom. The maximum atomic E-state index is 10.5. The zero-order chi connectivity index (χ0) is 8.85. The Labute approximate surface area is 62.8 Å². The maximum absolute atomic E-state index is 10.5.